The van der Waals surface area contributed by atoms with Crippen molar-refractivity contribution in [3.8, 4) is 5.75 Å². The number of hydrogen-bond acceptors (Lipinski definition) is 5. The Kier molecular flexibility index (Phi) is 4.01. The van der Waals surface area contributed by atoms with E-state index in [0.717, 1.165) is 36.8 Å². The number of ether oxygens (including phenoxy) is 3. The van der Waals surface area contributed by atoms with Gasteiger partial charge in [-0.2, -0.15) is 0 Å². The summed E-state index contributed by atoms with van der Waals surface area (Å²) in [6.07, 6.45) is 6.12. The fourth-order valence-electron chi connectivity index (χ4n) is 4.23. The molecule has 0 bridgehead atoms. The van der Waals surface area contributed by atoms with Crippen LogP contribution in [-0.4, -0.2) is 30.8 Å². The van der Waals surface area contributed by atoms with Crippen molar-refractivity contribution in [1.29, 1.82) is 0 Å². The fourth-order valence-corrected chi connectivity index (χ4v) is 4.23. The molecule has 0 unspecified atom stereocenters. The predicted molar refractivity (Wildman–Crippen MR) is 90.9 cm³/mol. The van der Waals surface area contributed by atoms with Gasteiger partial charge in [0.15, 0.2) is 11.6 Å². The number of Topliss-reactive ketones (excluding diaryl/α,β-unsaturated/α-hetero) is 1. The van der Waals surface area contributed by atoms with Crippen LogP contribution in [0.1, 0.15) is 44.6 Å². The summed E-state index contributed by atoms with van der Waals surface area (Å²) in [5, 5.41) is 0. The first-order chi connectivity index (χ1) is 12.0. The van der Waals surface area contributed by atoms with Gasteiger partial charge in [-0.3, -0.25) is 9.59 Å². The molecule has 3 aliphatic rings. The quantitative estimate of drug-likeness (QED) is 0.610. The Bertz CT molecular complexity index is 732. The average Bonchev–Trinajstić information content (AvgIpc) is 3.16. The highest BCUT2D eigenvalue weighted by Crippen LogP contribution is 2.52. The van der Waals surface area contributed by atoms with Crippen LogP contribution in [0.2, 0.25) is 0 Å². The number of hydrogen-bond donors (Lipinski definition) is 0. The second-order valence-electron chi connectivity index (χ2n) is 7.25. The van der Waals surface area contributed by atoms with Gasteiger partial charge in [0.05, 0.1) is 13.2 Å². The molecule has 0 aromatic heterocycles. The zero-order valence-corrected chi connectivity index (χ0v) is 14.4. The van der Waals surface area contributed by atoms with E-state index in [2.05, 4.69) is 6.08 Å². The molecule has 2 fully saturated rings. The minimum absolute atomic E-state index is 0.0928. The van der Waals surface area contributed by atoms with Crippen LogP contribution in [0.15, 0.2) is 30.3 Å². The first-order valence-electron chi connectivity index (χ1n) is 8.82. The van der Waals surface area contributed by atoms with Crippen LogP contribution in [0.3, 0.4) is 0 Å². The van der Waals surface area contributed by atoms with Crippen LogP contribution < -0.4 is 4.74 Å². The second-order valence-corrected chi connectivity index (χ2v) is 7.25. The van der Waals surface area contributed by atoms with E-state index in [1.807, 2.05) is 12.1 Å². The monoisotopic (exact) mass is 342 g/mol. The van der Waals surface area contributed by atoms with Crippen LogP contribution in [0.25, 0.3) is 5.57 Å². The van der Waals surface area contributed by atoms with E-state index in [4.69, 9.17) is 14.2 Å². The van der Waals surface area contributed by atoms with Gasteiger partial charge in [-0.05, 0) is 36.0 Å². The second kappa shape index (κ2) is 6.07. The Labute approximate surface area is 146 Å². The van der Waals surface area contributed by atoms with Crippen molar-refractivity contribution < 1.29 is 23.8 Å². The van der Waals surface area contributed by atoms with Gasteiger partial charge in [-0.1, -0.05) is 18.2 Å². The Morgan fingerprint density at radius 1 is 1.12 bits per heavy atom. The van der Waals surface area contributed by atoms with Gasteiger partial charge >= 0.3 is 5.97 Å². The first-order valence-corrected chi connectivity index (χ1v) is 8.82. The Hall–Kier alpha value is -1.98. The molecule has 0 amide bonds. The van der Waals surface area contributed by atoms with Gasteiger partial charge < -0.3 is 14.2 Å². The van der Waals surface area contributed by atoms with E-state index in [0.29, 0.717) is 25.4 Å². The summed E-state index contributed by atoms with van der Waals surface area (Å²) in [5.74, 6) is -0.158. The van der Waals surface area contributed by atoms with Gasteiger partial charge in [-0.15, -0.1) is 0 Å². The van der Waals surface area contributed by atoms with Gasteiger partial charge in [-0.25, -0.2) is 0 Å². The SMILES string of the molecule is CC(=O)Oc1cccc(C2=CC3(CCC4(CC3)OCCO4)CC2=O)c1. The zero-order valence-electron chi connectivity index (χ0n) is 14.4. The molecule has 0 radical (unpaired) electrons. The van der Waals surface area contributed by atoms with Crippen molar-refractivity contribution in [3.05, 3.63) is 35.9 Å². The minimum atomic E-state index is -0.417. The van der Waals surface area contributed by atoms with Crippen molar-refractivity contribution in [2.24, 2.45) is 5.41 Å². The lowest BCUT2D eigenvalue weighted by molar-refractivity contribution is -0.188. The van der Waals surface area contributed by atoms with E-state index < -0.39 is 5.79 Å². The Balaban J connectivity index is 1.56. The molecule has 4 rings (SSSR count). The highest BCUT2D eigenvalue weighted by molar-refractivity contribution is 6.23. The molecular formula is C20H22O5. The van der Waals surface area contributed by atoms with E-state index in [9.17, 15) is 9.59 Å². The zero-order chi connectivity index (χ0) is 17.5. The lowest BCUT2D eigenvalue weighted by Gasteiger charge is -2.40. The molecule has 5 heteroatoms. The molecule has 1 heterocycles. The van der Waals surface area contributed by atoms with E-state index >= 15 is 0 Å². The van der Waals surface area contributed by atoms with Crippen LogP contribution in [0, 0.1) is 5.41 Å². The molecule has 0 N–H and O–H groups in total. The molecule has 5 nitrogen and oxygen atoms in total. The fraction of sp³-hybridized carbons (Fsp3) is 0.500. The van der Waals surface area contributed by atoms with Gasteiger partial charge in [0, 0.05) is 31.8 Å². The van der Waals surface area contributed by atoms with Crippen LogP contribution in [0.5, 0.6) is 5.75 Å². The summed E-state index contributed by atoms with van der Waals surface area (Å²) in [4.78, 5) is 23.8. The molecule has 0 atom stereocenters. The van der Waals surface area contributed by atoms with Gasteiger partial charge in [0.2, 0.25) is 0 Å². The molecule has 132 valence electrons. The number of benzene rings is 1. The lowest BCUT2D eigenvalue weighted by Crippen LogP contribution is -2.38. The standard InChI is InChI=1S/C20H22O5/c1-14(21)25-16-4-2-3-15(11-16)17-12-19(13-18(17)22)5-7-20(8-6-19)23-9-10-24-20/h2-4,11-12H,5-10,13H2,1H3. The smallest absolute Gasteiger partial charge is 0.308 e. The number of carbonyl (C=O) groups is 2. The highest BCUT2D eigenvalue weighted by Gasteiger charge is 2.48. The topological polar surface area (TPSA) is 61.8 Å². The van der Waals surface area contributed by atoms with E-state index in [-0.39, 0.29) is 17.2 Å². The molecule has 1 aromatic carbocycles. The Morgan fingerprint density at radius 3 is 2.52 bits per heavy atom. The summed E-state index contributed by atoms with van der Waals surface area (Å²) in [7, 11) is 0. The van der Waals surface area contributed by atoms with Gasteiger partial charge in [0.1, 0.15) is 5.75 Å². The molecule has 2 spiro atoms. The number of allylic oxidation sites excluding steroid dienone is 2. The number of ketones is 1. The predicted octanol–water partition coefficient (Wildman–Crippen LogP) is 3.27. The average molecular weight is 342 g/mol. The van der Waals surface area contributed by atoms with Crippen LogP contribution in [0.4, 0.5) is 0 Å². The summed E-state index contributed by atoms with van der Waals surface area (Å²) >= 11 is 0. The molecule has 1 saturated carbocycles. The Morgan fingerprint density at radius 2 is 1.84 bits per heavy atom. The minimum Gasteiger partial charge on any atom is -0.427 e. The maximum atomic E-state index is 12.7. The number of rotatable bonds is 2. The highest BCUT2D eigenvalue weighted by atomic mass is 16.7. The normalized spacial score (nSPS) is 23.9. The third-order valence-corrected chi connectivity index (χ3v) is 5.49. The third kappa shape index (κ3) is 3.14. The molecular weight excluding hydrogens is 320 g/mol. The summed E-state index contributed by atoms with van der Waals surface area (Å²) in [6, 6.07) is 7.18. The summed E-state index contributed by atoms with van der Waals surface area (Å²) in [6.45, 7) is 2.69. The summed E-state index contributed by atoms with van der Waals surface area (Å²) in [5.41, 5.74) is 1.46. The van der Waals surface area contributed by atoms with Crippen molar-refractivity contribution in [1.82, 2.24) is 0 Å². The van der Waals surface area contributed by atoms with Crippen LogP contribution >= 0.6 is 0 Å². The van der Waals surface area contributed by atoms with Crippen molar-refractivity contribution in [2.45, 2.75) is 44.8 Å². The first kappa shape index (κ1) is 16.5. The maximum absolute atomic E-state index is 12.7. The number of carbonyl (C=O) groups excluding carboxylic acids is 2. The van der Waals surface area contributed by atoms with E-state index in [1.165, 1.54) is 6.92 Å². The largest absolute Gasteiger partial charge is 0.427 e. The van der Waals surface area contributed by atoms with Crippen molar-refractivity contribution in [3.63, 3.8) is 0 Å². The molecule has 1 aromatic rings. The number of esters is 1. The lowest BCUT2D eigenvalue weighted by atomic mass is 9.71. The third-order valence-electron chi connectivity index (χ3n) is 5.49. The molecule has 1 saturated heterocycles. The maximum Gasteiger partial charge on any atom is 0.308 e. The van der Waals surface area contributed by atoms with Crippen molar-refractivity contribution >= 4 is 17.3 Å². The molecule has 25 heavy (non-hydrogen) atoms. The molecule has 2 aliphatic carbocycles. The van der Waals surface area contributed by atoms with Crippen LogP contribution in [-0.2, 0) is 19.1 Å². The molecule has 1 aliphatic heterocycles. The van der Waals surface area contributed by atoms with Gasteiger partial charge in [0.25, 0.3) is 0 Å². The summed E-state index contributed by atoms with van der Waals surface area (Å²) < 4.78 is 16.7. The van der Waals surface area contributed by atoms with Crippen molar-refractivity contribution in [2.75, 3.05) is 13.2 Å². The van der Waals surface area contributed by atoms with E-state index in [1.54, 1.807) is 12.1 Å².